The molecule has 1 saturated heterocycles. The van der Waals surface area contributed by atoms with Gasteiger partial charge in [-0.15, -0.1) is 0 Å². The second kappa shape index (κ2) is 12.3. The van der Waals surface area contributed by atoms with Gasteiger partial charge in [-0.2, -0.15) is 0 Å². The van der Waals surface area contributed by atoms with Crippen molar-refractivity contribution >= 4 is 5.91 Å². The molecule has 6 heteroatoms. The zero-order valence-corrected chi connectivity index (χ0v) is 20.3. The monoisotopic (exact) mass is 451 g/mol. The molecule has 3 atom stereocenters. The van der Waals surface area contributed by atoms with Crippen LogP contribution in [-0.4, -0.2) is 51.0 Å². The molecule has 1 saturated carbocycles. The summed E-state index contributed by atoms with van der Waals surface area (Å²) in [5.74, 6) is 2.20. The predicted molar refractivity (Wildman–Crippen MR) is 132 cm³/mol. The third-order valence-corrected chi connectivity index (χ3v) is 7.57. The van der Waals surface area contributed by atoms with Crippen LogP contribution < -0.4 is 5.32 Å². The minimum absolute atomic E-state index is 0.00373. The number of aromatic nitrogens is 3. The highest BCUT2D eigenvalue weighted by molar-refractivity contribution is 5.94. The molecule has 3 heterocycles. The van der Waals surface area contributed by atoms with Crippen LogP contribution in [0.15, 0.2) is 37.1 Å². The third-order valence-electron chi connectivity index (χ3n) is 7.57. The summed E-state index contributed by atoms with van der Waals surface area (Å²) in [7, 11) is 0. The number of rotatable bonds is 10. The van der Waals surface area contributed by atoms with Gasteiger partial charge in [-0.25, -0.2) is 9.97 Å². The second-order valence-electron chi connectivity index (χ2n) is 10.1. The van der Waals surface area contributed by atoms with E-state index in [1.807, 2.05) is 22.9 Å². The maximum absolute atomic E-state index is 13.0. The number of piperidine rings is 1. The molecule has 1 unspecified atom stereocenters. The van der Waals surface area contributed by atoms with Crippen LogP contribution in [0.4, 0.5) is 0 Å². The van der Waals surface area contributed by atoms with Crippen LogP contribution in [0.25, 0.3) is 5.82 Å². The molecule has 0 radical (unpaired) electrons. The van der Waals surface area contributed by atoms with E-state index in [2.05, 4.69) is 27.1 Å². The van der Waals surface area contributed by atoms with Gasteiger partial charge >= 0.3 is 0 Å². The molecule has 1 amide bonds. The quantitative estimate of drug-likeness (QED) is 0.502. The second-order valence-corrected chi connectivity index (χ2v) is 10.1. The molecule has 0 aromatic carbocycles. The number of pyridine rings is 1. The van der Waals surface area contributed by atoms with Crippen LogP contribution in [-0.2, 0) is 0 Å². The Balaban J connectivity index is 1.29. The standard InChI is InChI=1S/C27H41N5O/c1-2-3-4-5-9-22-10-8-16-31(19-22)20-24-11-6-7-12-25(24)30-27(33)23-13-14-26(29-18-23)32-17-15-28-21-32/h13-15,17-18,21-22,24-25H,2-12,16,19-20H2,1H3,(H,30,33)/t22?,24-,25+/m0/s1. The summed E-state index contributed by atoms with van der Waals surface area (Å²) in [5.41, 5.74) is 0.633. The number of hydrogen-bond donors (Lipinski definition) is 1. The highest BCUT2D eigenvalue weighted by atomic mass is 16.1. The number of nitrogens with one attached hydrogen (secondary N) is 1. The third kappa shape index (κ3) is 6.89. The number of amides is 1. The van der Waals surface area contributed by atoms with E-state index in [0.29, 0.717) is 11.5 Å². The average Bonchev–Trinajstić information content (AvgIpc) is 3.39. The number of hydrogen-bond acceptors (Lipinski definition) is 4. The van der Waals surface area contributed by atoms with Gasteiger partial charge in [0.15, 0.2) is 0 Å². The van der Waals surface area contributed by atoms with Crippen molar-refractivity contribution in [2.75, 3.05) is 19.6 Å². The van der Waals surface area contributed by atoms with E-state index < -0.39 is 0 Å². The van der Waals surface area contributed by atoms with Crippen LogP contribution in [0.3, 0.4) is 0 Å². The fourth-order valence-electron chi connectivity index (χ4n) is 5.68. The van der Waals surface area contributed by atoms with Crippen LogP contribution in [0.1, 0.15) is 87.9 Å². The lowest BCUT2D eigenvalue weighted by molar-refractivity contribution is 0.0852. The summed E-state index contributed by atoms with van der Waals surface area (Å²) in [6.07, 6.45) is 21.4. The molecular weight excluding hydrogens is 410 g/mol. The smallest absolute Gasteiger partial charge is 0.253 e. The fourth-order valence-corrected chi connectivity index (χ4v) is 5.68. The Morgan fingerprint density at radius 3 is 2.82 bits per heavy atom. The lowest BCUT2D eigenvalue weighted by atomic mass is 9.83. The van der Waals surface area contributed by atoms with Gasteiger partial charge in [0.1, 0.15) is 12.1 Å². The van der Waals surface area contributed by atoms with Crippen molar-refractivity contribution in [1.82, 2.24) is 24.8 Å². The fraction of sp³-hybridized carbons (Fsp3) is 0.667. The number of carbonyl (C=O) groups excluding carboxylic acids is 1. The molecule has 2 fully saturated rings. The minimum Gasteiger partial charge on any atom is -0.349 e. The first-order chi connectivity index (χ1) is 16.2. The maximum Gasteiger partial charge on any atom is 0.253 e. The molecule has 2 aromatic heterocycles. The van der Waals surface area contributed by atoms with Crippen molar-refractivity contribution in [3.05, 3.63) is 42.6 Å². The number of nitrogens with zero attached hydrogens (tertiary/aromatic N) is 4. The maximum atomic E-state index is 13.0. The normalized spacial score (nSPS) is 24.0. The van der Waals surface area contributed by atoms with Crippen molar-refractivity contribution < 1.29 is 4.79 Å². The van der Waals surface area contributed by atoms with Crippen molar-refractivity contribution in [2.24, 2.45) is 11.8 Å². The highest BCUT2D eigenvalue weighted by Crippen LogP contribution is 2.29. The number of unbranched alkanes of at least 4 members (excludes halogenated alkanes) is 3. The first-order valence-electron chi connectivity index (χ1n) is 13.2. The van der Waals surface area contributed by atoms with Gasteiger partial charge < -0.3 is 10.2 Å². The summed E-state index contributed by atoms with van der Waals surface area (Å²) in [5, 5.41) is 3.36. The Kier molecular flexibility index (Phi) is 8.93. The molecule has 1 aliphatic heterocycles. The largest absolute Gasteiger partial charge is 0.349 e. The zero-order chi connectivity index (χ0) is 22.9. The van der Waals surface area contributed by atoms with Gasteiger partial charge in [0.2, 0.25) is 0 Å². The molecule has 2 aromatic rings. The first kappa shape index (κ1) is 23.9. The molecule has 4 rings (SSSR count). The van der Waals surface area contributed by atoms with Crippen LogP contribution >= 0.6 is 0 Å². The van der Waals surface area contributed by atoms with E-state index in [1.54, 1.807) is 18.7 Å². The number of imidazole rings is 1. The Labute approximate surface area is 199 Å². The molecule has 33 heavy (non-hydrogen) atoms. The van der Waals surface area contributed by atoms with E-state index in [4.69, 9.17) is 0 Å². The topological polar surface area (TPSA) is 63.1 Å². The summed E-state index contributed by atoms with van der Waals surface area (Å²) in [6, 6.07) is 4.01. The molecule has 2 aliphatic rings. The van der Waals surface area contributed by atoms with E-state index in [9.17, 15) is 4.79 Å². The molecular formula is C27H41N5O. The van der Waals surface area contributed by atoms with Crippen molar-refractivity contribution in [3.8, 4) is 5.82 Å². The number of likely N-dealkylation sites (tertiary alicyclic amines) is 1. The lowest BCUT2D eigenvalue weighted by Gasteiger charge is -2.39. The Bertz CT molecular complexity index is 835. The van der Waals surface area contributed by atoms with Gasteiger partial charge in [0.25, 0.3) is 5.91 Å². The van der Waals surface area contributed by atoms with Gasteiger partial charge in [0, 0.05) is 37.7 Å². The summed E-state index contributed by atoms with van der Waals surface area (Å²) in [4.78, 5) is 24.2. The van der Waals surface area contributed by atoms with Crippen molar-refractivity contribution in [2.45, 2.75) is 83.6 Å². The summed E-state index contributed by atoms with van der Waals surface area (Å²) >= 11 is 0. The Morgan fingerprint density at radius 2 is 2.03 bits per heavy atom. The van der Waals surface area contributed by atoms with Gasteiger partial charge in [-0.1, -0.05) is 45.4 Å². The van der Waals surface area contributed by atoms with Crippen LogP contribution in [0.5, 0.6) is 0 Å². The van der Waals surface area contributed by atoms with Gasteiger partial charge in [-0.05, 0) is 62.6 Å². The van der Waals surface area contributed by atoms with Crippen LogP contribution in [0.2, 0.25) is 0 Å². The average molecular weight is 452 g/mol. The molecule has 0 spiro atoms. The van der Waals surface area contributed by atoms with Crippen LogP contribution in [0, 0.1) is 11.8 Å². The Hall–Kier alpha value is -2.21. The Morgan fingerprint density at radius 1 is 1.12 bits per heavy atom. The molecule has 6 nitrogen and oxygen atoms in total. The van der Waals surface area contributed by atoms with Gasteiger partial charge in [0.05, 0.1) is 5.56 Å². The lowest BCUT2D eigenvalue weighted by Crippen LogP contribution is -2.48. The zero-order valence-electron chi connectivity index (χ0n) is 20.3. The number of carbonyl (C=O) groups is 1. The van der Waals surface area contributed by atoms with E-state index in [1.165, 1.54) is 77.3 Å². The van der Waals surface area contributed by atoms with E-state index >= 15 is 0 Å². The highest BCUT2D eigenvalue weighted by Gasteiger charge is 2.30. The SMILES string of the molecule is CCCCCCC1CCCN(C[C@@H]2CCCC[C@H]2NC(=O)c2ccc(-n3ccnc3)nc2)C1. The first-order valence-corrected chi connectivity index (χ1v) is 13.2. The summed E-state index contributed by atoms with van der Waals surface area (Å²) in [6.45, 7) is 5.90. The van der Waals surface area contributed by atoms with Crippen molar-refractivity contribution in [3.63, 3.8) is 0 Å². The van der Waals surface area contributed by atoms with E-state index in [0.717, 1.165) is 24.7 Å². The van der Waals surface area contributed by atoms with Gasteiger partial charge in [-0.3, -0.25) is 9.36 Å². The van der Waals surface area contributed by atoms with E-state index in [-0.39, 0.29) is 11.9 Å². The predicted octanol–water partition coefficient (Wildman–Crippen LogP) is 5.24. The minimum atomic E-state index is 0.00373. The molecule has 1 N–H and O–H groups in total. The molecule has 0 bridgehead atoms. The van der Waals surface area contributed by atoms with Crippen molar-refractivity contribution in [1.29, 1.82) is 0 Å². The molecule has 1 aliphatic carbocycles. The summed E-state index contributed by atoms with van der Waals surface area (Å²) < 4.78 is 1.84. The molecule has 180 valence electrons.